The number of carbonyl (C=O) groups excluding carboxylic acids is 1. The maximum atomic E-state index is 13.1. The molecule has 3 aromatic rings. The van der Waals surface area contributed by atoms with Crippen LogP contribution < -0.4 is 5.01 Å². The summed E-state index contributed by atoms with van der Waals surface area (Å²) in [5.74, 6) is -0.114. The minimum atomic E-state index is -0.114. The van der Waals surface area contributed by atoms with Crippen LogP contribution in [0.2, 0.25) is 0 Å². The lowest BCUT2D eigenvalue weighted by Gasteiger charge is -2.10. The zero-order valence-electron chi connectivity index (χ0n) is 14.5. The molecule has 1 aliphatic heterocycles. The molecule has 0 N–H and O–H groups in total. The Kier molecular flexibility index (Phi) is 4.20. The van der Waals surface area contributed by atoms with Gasteiger partial charge in [0.05, 0.1) is 11.3 Å². The fraction of sp³-hybridized carbons (Fsp3) is 0.0435. The van der Waals surface area contributed by atoms with E-state index in [1.807, 2.05) is 91.9 Å². The highest BCUT2D eigenvalue weighted by molar-refractivity contribution is 6.37. The van der Waals surface area contributed by atoms with Crippen molar-refractivity contribution in [3.63, 3.8) is 0 Å². The number of hydrazone groups is 1. The summed E-state index contributed by atoms with van der Waals surface area (Å²) < 4.78 is 0. The van der Waals surface area contributed by atoms with Crippen molar-refractivity contribution in [1.82, 2.24) is 0 Å². The van der Waals surface area contributed by atoms with Gasteiger partial charge in [-0.05, 0) is 30.7 Å². The molecule has 1 aliphatic rings. The quantitative estimate of drug-likeness (QED) is 0.630. The lowest BCUT2D eigenvalue weighted by atomic mass is 10.00. The van der Waals surface area contributed by atoms with E-state index < -0.39 is 0 Å². The van der Waals surface area contributed by atoms with E-state index in [0.717, 1.165) is 22.4 Å². The first kappa shape index (κ1) is 16.0. The molecule has 3 aromatic carbocycles. The van der Waals surface area contributed by atoms with Gasteiger partial charge in [0.25, 0.3) is 5.91 Å². The molecule has 0 atom stereocenters. The molecular formula is C23H18N2O. The number of amides is 1. The van der Waals surface area contributed by atoms with Crippen LogP contribution >= 0.6 is 0 Å². The second kappa shape index (κ2) is 6.81. The average Bonchev–Trinajstić information content (AvgIpc) is 3.00. The Balaban J connectivity index is 1.83. The van der Waals surface area contributed by atoms with E-state index in [-0.39, 0.29) is 5.91 Å². The molecule has 0 spiro atoms. The molecule has 0 saturated carbocycles. The first-order valence-electron chi connectivity index (χ1n) is 8.55. The number of benzene rings is 3. The van der Waals surface area contributed by atoms with Gasteiger partial charge >= 0.3 is 0 Å². The molecule has 0 saturated heterocycles. The summed E-state index contributed by atoms with van der Waals surface area (Å²) in [6, 6.07) is 27.4. The third-order valence-electron chi connectivity index (χ3n) is 4.28. The predicted octanol–water partition coefficient (Wildman–Crippen LogP) is 4.83. The average molecular weight is 338 g/mol. The normalized spacial score (nSPS) is 15.4. The molecule has 3 nitrogen and oxygen atoms in total. The first-order valence-corrected chi connectivity index (χ1v) is 8.55. The van der Waals surface area contributed by atoms with Crippen molar-refractivity contribution < 1.29 is 4.79 Å². The van der Waals surface area contributed by atoms with Crippen LogP contribution in [-0.4, -0.2) is 11.6 Å². The highest BCUT2D eigenvalue weighted by Crippen LogP contribution is 2.27. The van der Waals surface area contributed by atoms with Gasteiger partial charge in [-0.15, -0.1) is 0 Å². The minimum Gasteiger partial charge on any atom is -0.267 e. The van der Waals surface area contributed by atoms with E-state index in [9.17, 15) is 4.79 Å². The van der Waals surface area contributed by atoms with Crippen molar-refractivity contribution in [1.29, 1.82) is 0 Å². The third kappa shape index (κ3) is 3.07. The van der Waals surface area contributed by atoms with E-state index in [4.69, 9.17) is 0 Å². The highest BCUT2D eigenvalue weighted by Gasteiger charge is 2.31. The fourth-order valence-corrected chi connectivity index (χ4v) is 3.02. The van der Waals surface area contributed by atoms with Gasteiger partial charge in [0.1, 0.15) is 5.71 Å². The maximum Gasteiger partial charge on any atom is 0.281 e. The zero-order valence-corrected chi connectivity index (χ0v) is 14.5. The standard InChI is InChI=1S/C23H18N2O/c1-17-9-8-10-18(15-17)16-21-22(19-11-4-2-5-12-19)24-25(23(21)26)20-13-6-3-7-14-20/h2-16H,1H3/b21-16-. The van der Waals surface area contributed by atoms with Crippen LogP contribution in [0, 0.1) is 6.92 Å². The lowest BCUT2D eigenvalue weighted by Crippen LogP contribution is -2.21. The van der Waals surface area contributed by atoms with Gasteiger partial charge < -0.3 is 0 Å². The maximum absolute atomic E-state index is 13.1. The van der Waals surface area contributed by atoms with Crippen LogP contribution in [0.4, 0.5) is 5.69 Å². The largest absolute Gasteiger partial charge is 0.281 e. The summed E-state index contributed by atoms with van der Waals surface area (Å²) in [7, 11) is 0. The number of anilines is 1. The van der Waals surface area contributed by atoms with Crippen LogP contribution in [0.15, 0.2) is 95.6 Å². The topological polar surface area (TPSA) is 32.7 Å². The Morgan fingerprint density at radius 1 is 0.846 bits per heavy atom. The second-order valence-electron chi connectivity index (χ2n) is 6.24. The number of carbonyl (C=O) groups is 1. The molecule has 3 heteroatoms. The number of nitrogens with zero attached hydrogens (tertiary/aromatic N) is 2. The Bertz CT molecular complexity index is 1000. The zero-order chi connectivity index (χ0) is 17.9. The van der Waals surface area contributed by atoms with Crippen LogP contribution in [0.1, 0.15) is 16.7 Å². The summed E-state index contributed by atoms with van der Waals surface area (Å²) in [5.41, 5.74) is 5.14. The Morgan fingerprint density at radius 3 is 2.23 bits per heavy atom. The SMILES string of the molecule is Cc1cccc(/C=C2\C(=O)N(c3ccccc3)N=C2c2ccccc2)c1. The molecular weight excluding hydrogens is 320 g/mol. The van der Waals surface area contributed by atoms with Crippen molar-refractivity contribution in [2.24, 2.45) is 5.10 Å². The molecule has 0 aliphatic carbocycles. The van der Waals surface area contributed by atoms with Crippen molar-refractivity contribution in [3.05, 3.63) is 107 Å². The monoisotopic (exact) mass is 338 g/mol. The van der Waals surface area contributed by atoms with Gasteiger partial charge in [0.2, 0.25) is 0 Å². The second-order valence-corrected chi connectivity index (χ2v) is 6.24. The van der Waals surface area contributed by atoms with Crippen molar-refractivity contribution in [2.45, 2.75) is 6.92 Å². The molecule has 1 amide bonds. The van der Waals surface area contributed by atoms with Crippen LogP contribution in [0.25, 0.3) is 6.08 Å². The Labute approximate surface area is 152 Å². The molecule has 0 fully saturated rings. The fourth-order valence-electron chi connectivity index (χ4n) is 3.02. The van der Waals surface area contributed by atoms with E-state index in [0.29, 0.717) is 11.3 Å². The summed E-state index contributed by atoms with van der Waals surface area (Å²) in [5, 5.41) is 6.12. The smallest absolute Gasteiger partial charge is 0.267 e. The summed E-state index contributed by atoms with van der Waals surface area (Å²) in [4.78, 5) is 13.1. The Hall–Kier alpha value is -3.46. The minimum absolute atomic E-state index is 0.114. The molecule has 0 unspecified atom stereocenters. The van der Waals surface area contributed by atoms with Crippen molar-refractivity contribution >= 4 is 23.4 Å². The molecule has 0 aromatic heterocycles. The molecule has 0 radical (unpaired) electrons. The molecule has 26 heavy (non-hydrogen) atoms. The van der Waals surface area contributed by atoms with E-state index in [1.54, 1.807) is 0 Å². The number of para-hydroxylation sites is 1. The van der Waals surface area contributed by atoms with Crippen molar-refractivity contribution in [2.75, 3.05) is 5.01 Å². The summed E-state index contributed by atoms with van der Waals surface area (Å²) in [6.07, 6.45) is 1.92. The first-order chi connectivity index (χ1) is 12.7. The number of aryl methyl sites for hydroxylation is 1. The van der Waals surface area contributed by atoms with Crippen LogP contribution in [0.3, 0.4) is 0 Å². The lowest BCUT2D eigenvalue weighted by molar-refractivity contribution is -0.114. The van der Waals surface area contributed by atoms with Gasteiger partial charge in [-0.1, -0.05) is 78.4 Å². The van der Waals surface area contributed by atoms with Gasteiger partial charge in [-0.3, -0.25) is 4.79 Å². The Morgan fingerprint density at radius 2 is 1.54 bits per heavy atom. The highest BCUT2D eigenvalue weighted by atomic mass is 16.2. The van der Waals surface area contributed by atoms with E-state index in [1.165, 1.54) is 5.01 Å². The van der Waals surface area contributed by atoms with Gasteiger partial charge in [-0.2, -0.15) is 10.1 Å². The molecule has 126 valence electrons. The molecule has 0 bridgehead atoms. The van der Waals surface area contributed by atoms with Gasteiger partial charge in [0, 0.05) is 5.56 Å². The van der Waals surface area contributed by atoms with E-state index in [2.05, 4.69) is 11.2 Å². The number of hydrogen-bond donors (Lipinski definition) is 0. The van der Waals surface area contributed by atoms with Gasteiger partial charge in [0.15, 0.2) is 0 Å². The number of hydrogen-bond acceptors (Lipinski definition) is 2. The predicted molar refractivity (Wildman–Crippen MR) is 106 cm³/mol. The van der Waals surface area contributed by atoms with Crippen LogP contribution in [0.5, 0.6) is 0 Å². The summed E-state index contributed by atoms with van der Waals surface area (Å²) in [6.45, 7) is 2.04. The van der Waals surface area contributed by atoms with Gasteiger partial charge in [-0.25, -0.2) is 0 Å². The number of rotatable bonds is 3. The van der Waals surface area contributed by atoms with E-state index >= 15 is 0 Å². The summed E-state index contributed by atoms with van der Waals surface area (Å²) >= 11 is 0. The van der Waals surface area contributed by atoms with Crippen LogP contribution in [-0.2, 0) is 4.79 Å². The third-order valence-corrected chi connectivity index (χ3v) is 4.28. The molecule has 1 heterocycles. The van der Waals surface area contributed by atoms with Crippen molar-refractivity contribution in [3.8, 4) is 0 Å². The molecule has 4 rings (SSSR count).